The molecule has 0 fully saturated rings. The zero-order valence-corrected chi connectivity index (χ0v) is 14.6. The highest BCUT2D eigenvalue weighted by Crippen LogP contribution is 2.23. The molecule has 1 amide bonds. The number of benzene rings is 1. The summed E-state index contributed by atoms with van der Waals surface area (Å²) in [6.45, 7) is 7.37. The minimum absolute atomic E-state index is 0. The normalized spacial score (nSPS) is 9.87. The van der Waals surface area contributed by atoms with Crippen LogP contribution in [-0.4, -0.2) is 24.0 Å². The van der Waals surface area contributed by atoms with Gasteiger partial charge in [0.15, 0.2) is 0 Å². The molecule has 1 aromatic heterocycles. The molecule has 0 unspecified atom stereocenters. The van der Waals surface area contributed by atoms with Crippen molar-refractivity contribution in [1.82, 2.24) is 10.3 Å². The van der Waals surface area contributed by atoms with Crippen LogP contribution in [0.15, 0.2) is 36.7 Å². The van der Waals surface area contributed by atoms with Crippen LogP contribution in [0.2, 0.25) is 0 Å². The summed E-state index contributed by atoms with van der Waals surface area (Å²) in [5.41, 5.74) is 4.18. The highest BCUT2D eigenvalue weighted by atomic mass is 35.5. The molecule has 0 atom stereocenters. The third-order valence-corrected chi connectivity index (χ3v) is 3.56. The van der Waals surface area contributed by atoms with Gasteiger partial charge in [0.05, 0.1) is 6.61 Å². The molecule has 1 N–H and O–H groups in total. The largest absolute Gasteiger partial charge is 0.494 e. The lowest BCUT2D eigenvalue weighted by atomic mass is 10.0. The molecular weight excluding hydrogens is 312 g/mol. The summed E-state index contributed by atoms with van der Waals surface area (Å²) < 4.78 is 5.60. The van der Waals surface area contributed by atoms with Crippen LogP contribution in [0.25, 0.3) is 0 Å². The molecule has 0 aliphatic carbocycles. The van der Waals surface area contributed by atoms with E-state index in [9.17, 15) is 4.79 Å². The van der Waals surface area contributed by atoms with Gasteiger partial charge in [-0.25, -0.2) is 0 Å². The zero-order valence-electron chi connectivity index (χ0n) is 13.8. The number of nitrogens with zero attached hydrogens (tertiary/aromatic N) is 1. The number of halogens is 1. The van der Waals surface area contributed by atoms with E-state index < -0.39 is 0 Å². The van der Waals surface area contributed by atoms with Gasteiger partial charge in [-0.1, -0.05) is 6.07 Å². The van der Waals surface area contributed by atoms with Crippen LogP contribution in [0.1, 0.15) is 34.0 Å². The van der Waals surface area contributed by atoms with Crippen molar-refractivity contribution in [3.05, 3.63) is 58.9 Å². The average Bonchev–Trinajstić information content (AvgIpc) is 2.53. The number of pyridine rings is 1. The number of rotatable bonds is 6. The van der Waals surface area contributed by atoms with Crippen LogP contribution in [0.3, 0.4) is 0 Å². The zero-order chi connectivity index (χ0) is 15.9. The fourth-order valence-corrected chi connectivity index (χ4v) is 2.35. The fourth-order valence-electron chi connectivity index (χ4n) is 2.35. The summed E-state index contributed by atoms with van der Waals surface area (Å²) >= 11 is 0. The molecule has 2 rings (SSSR count). The fraction of sp³-hybridized carbons (Fsp3) is 0.333. The second kappa shape index (κ2) is 9.16. The smallest absolute Gasteiger partial charge is 0.251 e. The minimum Gasteiger partial charge on any atom is -0.494 e. The molecule has 0 saturated heterocycles. The van der Waals surface area contributed by atoms with Crippen molar-refractivity contribution in [1.29, 1.82) is 0 Å². The van der Waals surface area contributed by atoms with Gasteiger partial charge in [-0.3, -0.25) is 9.78 Å². The molecule has 124 valence electrons. The lowest BCUT2D eigenvalue weighted by Crippen LogP contribution is -2.25. The van der Waals surface area contributed by atoms with Crippen LogP contribution in [0.5, 0.6) is 5.75 Å². The van der Waals surface area contributed by atoms with Crippen molar-refractivity contribution in [3.8, 4) is 5.75 Å². The number of carbonyl (C=O) groups excluding carboxylic acids is 1. The van der Waals surface area contributed by atoms with Gasteiger partial charge in [0, 0.05) is 24.5 Å². The first-order valence-electron chi connectivity index (χ1n) is 7.53. The Morgan fingerprint density at radius 3 is 2.52 bits per heavy atom. The van der Waals surface area contributed by atoms with Crippen molar-refractivity contribution in [2.24, 2.45) is 0 Å². The van der Waals surface area contributed by atoms with Gasteiger partial charge in [-0.2, -0.15) is 0 Å². The lowest BCUT2D eigenvalue weighted by Gasteiger charge is -2.13. The summed E-state index contributed by atoms with van der Waals surface area (Å²) in [4.78, 5) is 15.9. The Bertz CT molecular complexity index is 645. The van der Waals surface area contributed by atoms with Gasteiger partial charge in [-0.15, -0.1) is 12.4 Å². The Kier molecular flexibility index (Phi) is 7.55. The first-order valence-corrected chi connectivity index (χ1v) is 7.53. The minimum atomic E-state index is -0.0669. The van der Waals surface area contributed by atoms with Crippen LogP contribution in [-0.2, 0) is 6.42 Å². The molecule has 0 bridgehead atoms. The molecular formula is C18H23ClN2O2. The van der Waals surface area contributed by atoms with Gasteiger partial charge >= 0.3 is 0 Å². The number of hydrogen-bond donors (Lipinski definition) is 1. The standard InChI is InChI=1S/C18H22N2O2.ClH/c1-4-22-17-12-13(2)16(11-14(17)3)7-10-20-18(21)15-5-8-19-9-6-15;/h5-6,8-9,11-12H,4,7,10H2,1-3H3,(H,20,21);1H. The summed E-state index contributed by atoms with van der Waals surface area (Å²) in [7, 11) is 0. The Morgan fingerprint density at radius 2 is 1.87 bits per heavy atom. The molecule has 1 aromatic carbocycles. The number of amides is 1. The van der Waals surface area contributed by atoms with Gasteiger partial charge < -0.3 is 10.1 Å². The Balaban J connectivity index is 0.00000264. The van der Waals surface area contributed by atoms with E-state index in [-0.39, 0.29) is 18.3 Å². The van der Waals surface area contributed by atoms with E-state index in [0.29, 0.717) is 18.7 Å². The van der Waals surface area contributed by atoms with E-state index in [1.165, 1.54) is 11.1 Å². The third-order valence-electron chi connectivity index (χ3n) is 3.56. The Morgan fingerprint density at radius 1 is 1.17 bits per heavy atom. The predicted molar refractivity (Wildman–Crippen MR) is 94.6 cm³/mol. The molecule has 2 aromatic rings. The van der Waals surface area contributed by atoms with E-state index in [1.807, 2.05) is 13.8 Å². The van der Waals surface area contributed by atoms with E-state index in [0.717, 1.165) is 17.7 Å². The predicted octanol–water partition coefficient (Wildman–Crippen LogP) is 3.49. The summed E-state index contributed by atoms with van der Waals surface area (Å²) in [5.74, 6) is 0.868. The maximum atomic E-state index is 12.0. The Labute approximate surface area is 143 Å². The van der Waals surface area contributed by atoms with Gasteiger partial charge in [0.1, 0.15) is 5.75 Å². The average molecular weight is 335 g/mol. The van der Waals surface area contributed by atoms with Crippen LogP contribution in [0, 0.1) is 13.8 Å². The maximum Gasteiger partial charge on any atom is 0.251 e. The first kappa shape index (κ1) is 19.0. The SMILES string of the molecule is CCOc1cc(C)c(CCNC(=O)c2ccncc2)cc1C.Cl. The van der Waals surface area contributed by atoms with Gasteiger partial charge in [0.25, 0.3) is 5.91 Å². The molecule has 4 nitrogen and oxygen atoms in total. The van der Waals surface area contributed by atoms with E-state index in [1.54, 1.807) is 24.5 Å². The molecule has 1 heterocycles. The quantitative estimate of drug-likeness (QED) is 0.879. The molecule has 0 aliphatic rings. The van der Waals surface area contributed by atoms with E-state index in [2.05, 4.69) is 29.4 Å². The van der Waals surface area contributed by atoms with Crippen LogP contribution >= 0.6 is 12.4 Å². The summed E-state index contributed by atoms with van der Waals surface area (Å²) in [5, 5.41) is 2.94. The second-order valence-corrected chi connectivity index (χ2v) is 5.22. The van der Waals surface area contributed by atoms with E-state index in [4.69, 9.17) is 4.74 Å². The molecule has 0 saturated carbocycles. The van der Waals surface area contributed by atoms with Crippen LogP contribution < -0.4 is 10.1 Å². The Hall–Kier alpha value is -2.07. The highest BCUT2D eigenvalue weighted by molar-refractivity contribution is 5.93. The number of nitrogens with one attached hydrogen (secondary N) is 1. The molecule has 23 heavy (non-hydrogen) atoms. The van der Waals surface area contributed by atoms with E-state index >= 15 is 0 Å². The molecule has 0 radical (unpaired) electrons. The lowest BCUT2D eigenvalue weighted by molar-refractivity contribution is 0.0954. The van der Waals surface area contributed by atoms with Crippen molar-refractivity contribution in [2.45, 2.75) is 27.2 Å². The number of carbonyl (C=O) groups is 1. The number of aromatic nitrogens is 1. The van der Waals surface area contributed by atoms with Crippen molar-refractivity contribution >= 4 is 18.3 Å². The van der Waals surface area contributed by atoms with Crippen molar-refractivity contribution in [3.63, 3.8) is 0 Å². The van der Waals surface area contributed by atoms with Crippen LogP contribution in [0.4, 0.5) is 0 Å². The summed E-state index contributed by atoms with van der Waals surface area (Å²) in [6, 6.07) is 7.63. The summed E-state index contributed by atoms with van der Waals surface area (Å²) in [6.07, 6.45) is 4.04. The van der Waals surface area contributed by atoms with Crippen molar-refractivity contribution < 1.29 is 9.53 Å². The number of ether oxygens (including phenoxy) is 1. The number of aryl methyl sites for hydroxylation is 2. The molecule has 0 spiro atoms. The monoisotopic (exact) mass is 334 g/mol. The maximum absolute atomic E-state index is 12.0. The molecule has 0 aliphatic heterocycles. The van der Waals surface area contributed by atoms with Gasteiger partial charge in [0.2, 0.25) is 0 Å². The third kappa shape index (κ3) is 5.25. The second-order valence-electron chi connectivity index (χ2n) is 5.22. The highest BCUT2D eigenvalue weighted by Gasteiger charge is 2.07. The van der Waals surface area contributed by atoms with Gasteiger partial charge in [-0.05, 0) is 62.1 Å². The topological polar surface area (TPSA) is 51.2 Å². The first-order chi connectivity index (χ1) is 10.6. The number of hydrogen-bond acceptors (Lipinski definition) is 3. The molecule has 5 heteroatoms. The van der Waals surface area contributed by atoms with Crippen molar-refractivity contribution in [2.75, 3.05) is 13.2 Å².